The summed E-state index contributed by atoms with van der Waals surface area (Å²) in [6.45, 7) is 6.83. The van der Waals surface area contributed by atoms with Crippen LogP contribution in [0, 0.1) is 0 Å². The molecule has 0 radical (unpaired) electrons. The van der Waals surface area contributed by atoms with Gasteiger partial charge in [0.05, 0.1) is 18.4 Å². The smallest absolute Gasteiger partial charge is 0.255 e. The molecular weight excluding hydrogens is 314 g/mol. The molecule has 0 saturated heterocycles. The van der Waals surface area contributed by atoms with Crippen LogP contribution in [0.1, 0.15) is 50.4 Å². The summed E-state index contributed by atoms with van der Waals surface area (Å²) in [4.78, 5) is 12.6. The SMILES string of the molecule is CCCCOc1ccccc1NC(=O)c1cccc(OC(C)CC)c1. The zero-order valence-electron chi connectivity index (χ0n) is 15.2. The molecule has 0 aromatic heterocycles. The Bertz CT molecular complexity index is 684. The van der Waals surface area contributed by atoms with Gasteiger partial charge in [0.25, 0.3) is 5.91 Å². The van der Waals surface area contributed by atoms with Gasteiger partial charge in [0, 0.05) is 5.56 Å². The first-order valence-electron chi connectivity index (χ1n) is 8.94. The Morgan fingerprint density at radius 3 is 2.68 bits per heavy atom. The largest absolute Gasteiger partial charge is 0.491 e. The normalized spacial score (nSPS) is 11.6. The van der Waals surface area contributed by atoms with Crippen molar-refractivity contribution in [3.8, 4) is 11.5 Å². The van der Waals surface area contributed by atoms with Gasteiger partial charge in [0.2, 0.25) is 0 Å². The van der Waals surface area contributed by atoms with Gasteiger partial charge in [-0.15, -0.1) is 0 Å². The molecule has 4 heteroatoms. The number of rotatable bonds is 9. The molecule has 0 aliphatic rings. The van der Waals surface area contributed by atoms with Crippen molar-refractivity contribution in [2.75, 3.05) is 11.9 Å². The fourth-order valence-electron chi connectivity index (χ4n) is 2.24. The van der Waals surface area contributed by atoms with E-state index in [-0.39, 0.29) is 12.0 Å². The minimum atomic E-state index is -0.179. The van der Waals surface area contributed by atoms with Crippen LogP contribution in [0.15, 0.2) is 48.5 Å². The van der Waals surface area contributed by atoms with Crippen LogP contribution in [0.2, 0.25) is 0 Å². The summed E-state index contributed by atoms with van der Waals surface area (Å²) in [5, 5.41) is 2.93. The fourth-order valence-corrected chi connectivity index (χ4v) is 2.24. The molecule has 25 heavy (non-hydrogen) atoms. The lowest BCUT2D eigenvalue weighted by Crippen LogP contribution is -2.14. The van der Waals surface area contributed by atoms with Crippen LogP contribution < -0.4 is 14.8 Å². The molecule has 4 nitrogen and oxygen atoms in total. The molecule has 0 spiro atoms. The number of hydrogen-bond donors (Lipinski definition) is 1. The van der Waals surface area contributed by atoms with Crippen LogP contribution in [0.4, 0.5) is 5.69 Å². The number of anilines is 1. The van der Waals surface area contributed by atoms with Gasteiger partial charge in [-0.3, -0.25) is 4.79 Å². The Morgan fingerprint density at radius 1 is 1.12 bits per heavy atom. The van der Waals surface area contributed by atoms with Gasteiger partial charge in [0.1, 0.15) is 11.5 Å². The highest BCUT2D eigenvalue weighted by Crippen LogP contribution is 2.25. The zero-order valence-corrected chi connectivity index (χ0v) is 15.2. The van der Waals surface area contributed by atoms with Crippen LogP contribution in [0.3, 0.4) is 0 Å². The van der Waals surface area contributed by atoms with Gasteiger partial charge >= 0.3 is 0 Å². The third kappa shape index (κ3) is 5.82. The topological polar surface area (TPSA) is 47.6 Å². The lowest BCUT2D eigenvalue weighted by molar-refractivity contribution is 0.102. The second-order valence-corrected chi connectivity index (χ2v) is 6.02. The molecule has 1 unspecified atom stereocenters. The first-order valence-corrected chi connectivity index (χ1v) is 8.94. The van der Waals surface area contributed by atoms with Gasteiger partial charge in [0.15, 0.2) is 0 Å². The van der Waals surface area contributed by atoms with E-state index in [0.717, 1.165) is 19.3 Å². The third-order valence-electron chi connectivity index (χ3n) is 3.90. The fraction of sp³-hybridized carbons (Fsp3) is 0.381. The van der Waals surface area contributed by atoms with E-state index in [1.807, 2.05) is 43.3 Å². The molecule has 2 aromatic rings. The highest BCUT2D eigenvalue weighted by molar-refractivity contribution is 6.05. The predicted molar refractivity (Wildman–Crippen MR) is 102 cm³/mol. The van der Waals surface area contributed by atoms with Crippen LogP contribution in [0.25, 0.3) is 0 Å². The molecule has 0 heterocycles. The van der Waals surface area contributed by atoms with E-state index in [1.54, 1.807) is 12.1 Å². The Balaban J connectivity index is 2.08. The van der Waals surface area contributed by atoms with Crippen LogP contribution in [-0.4, -0.2) is 18.6 Å². The number of carbonyl (C=O) groups excluding carboxylic acids is 1. The van der Waals surface area contributed by atoms with Crippen molar-refractivity contribution in [2.45, 2.75) is 46.1 Å². The maximum absolute atomic E-state index is 12.6. The molecule has 1 amide bonds. The van der Waals surface area contributed by atoms with Crippen molar-refractivity contribution < 1.29 is 14.3 Å². The van der Waals surface area contributed by atoms with E-state index in [1.165, 1.54) is 0 Å². The molecule has 0 aliphatic heterocycles. The highest BCUT2D eigenvalue weighted by Gasteiger charge is 2.11. The average Bonchev–Trinajstić information content (AvgIpc) is 2.63. The number of carbonyl (C=O) groups is 1. The van der Waals surface area contributed by atoms with Crippen molar-refractivity contribution >= 4 is 11.6 Å². The quantitative estimate of drug-likeness (QED) is 0.630. The van der Waals surface area contributed by atoms with Gasteiger partial charge in [-0.2, -0.15) is 0 Å². The van der Waals surface area contributed by atoms with E-state index in [0.29, 0.717) is 29.4 Å². The van der Waals surface area contributed by atoms with Crippen molar-refractivity contribution in [3.05, 3.63) is 54.1 Å². The number of amides is 1. The van der Waals surface area contributed by atoms with E-state index in [2.05, 4.69) is 19.2 Å². The Kier molecular flexibility index (Phi) is 7.33. The molecule has 1 N–H and O–H groups in total. The summed E-state index contributed by atoms with van der Waals surface area (Å²) >= 11 is 0. The summed E-state index contributed by atoms with van der Waals surface area (Å²) in [7, 11) is 0. The standard InChI is InChI=1S/C21H27NO3/c1-4-6-14-24-20-13-8-7-12-19(20)22-21(23)17-10-9-11-18(15-17)25-16(3)5-2/h7-13,15-16H,4-6,14H2,1-3H3,(H,22,23). The Morgan fingerprint density at radius 2 is 1.92 bits per heavy atom. The zero-order chi connectivity index (χ0) is 18.1. The molecular formula is C21H27NO3. The van der Waals surface area contributed by atoms with Crippen molar-refractivity contribution in [2.24, 2.45) is 0 Å². The lowest BCUT2D eigenvalue weighted by atomic mass is 10.2. The van der Waals surface area contributed by atoms with Crippen LogP contribution in [-0.2, 0) is 0 Å². The summed E-state index contributed by atoms with van der Waals surface area (Å²) < 4.78 is 11.6. The van der Waals surface area contributed by atoms with Gasteiger partial charge in [-0.1, -0.05) is 38.5 Å². The Hall–Kier alpha value is -2.49. The van der Waals surface area contributed by atoms with E-state index >= 15 is 0 Å². The van der Waals surface area contributed by atoms with Gasteiger partial charge < -0.3 is 14.8 Å². The number of benzene rings is 2. The highest BCUT2D eigenvalue weighted by atomic mass is 16.5. The van der Waals surface area contributed by atoms with Crippen molar-refractivity contribution in [3.63, 3.8) is 0 Å². The monoisotopic (exact) mass is 341 g/mol. The average molecular weight is 341 g/mol. The predicted octanol–water partition coefficient (Wildman–Crippen LogP) is 5.30. The van der Waals surface area contributed by atoms with Gasteiger partial charge in [-0.25, -0.2) is 0 Å². The second kappa shape index (κ2) is 9.72. The molecule has 2 aromatic carbocycles. The molecule has 1 atom stereocenters. The second-order valence-electron chi connectivity index (χ2n) is 6.02. The first-order chi connectivity index (χ1) is 12.1. The van der Waals surface area contributed by atoms with E-state index in [4.69, 9.17) is 9.47 Å². The summed E-state index contributed by atoms with van der Waals surface area (Å²) in [6, 6.07) is 14.7. The number of nitrogens with one attached hydrogen (secondary N) is 1. The van der Waals surface area contributed by atoms with Crippen molar-refractivity contribution in [1.82, 2.24) is 0 Å². The molecule has 0 aliphatic carbocycles. The molecule has 2 rings (SSSR count). The first kappa shape index (κ1) is 18.8. The van der Waals surface area contributed by atoms with Gasteiger partial charge in [-0.05, 0) is 50.1 Å². The van der Waals surface area contributed by atoms with E-state index < -0.39 is 0 Å². The number of ether oxygens (including phenoxy) is 2. The number of unbranched alkanes of at least 4 members (excludes halogenated alkanes) is 1. The molecule has 134 valence electrons. The molecule has 0 fully saturated rings. The number of hydrogen-bond acceptors (Lipinski definition) is 3. The molecule has 0 saturated carbocycles. The maximum atomic E-state index is 12.6. The third-order valence-corrected chi connectivity index (χ3v) is 3.90. The van der Waals surface area contributed by atoms with Crippen LogP contribution in [0.5, 0.6) is 11.5 Å². The summed E-state index contributed by atoms with van der Waals surface area (Å²) in [5.74, 6) is 1.21. The van der Waals surface area contributed by atoms with Crippen molar-refractivity contribution in [1.29, 1.82) is 0 Å². The minimum absolute atomic E-state index is 0.117. The summed E-state index contributed by atoms with van der Waals surface area (Å²) in [6.07, 6.45) is 3.08. The minimum Gasteiger partial charge on any atom is -0.491 e. The maximum Gasteiger partial charge on any atom is 0.255 e. The summed E-state index contributed by atoms with van der Waals surface area (Å²) in [5.41, 5.74) is 1.24. The lowest BCUT2D eigenvalue weighted by Gasteiger charge is -2.14. The Labute approximate surface area is 150 Å². The molecule has 0 bridgehead atoms. The van der Waals surface area contributed by atoms with Crippen LogP contribution >= 0.6 is 0 Å². The van der Waals surface area contributed by atoms with E-state index in [9.17, 15) is 4.79 Å². The number of para-hydroxylation sites is 2.